The molecule has 1 fully saturated rings. The first-order valence-electron chi connectivity index (χ1n) is 7.70. The third kappa shape index (κ3) is 3.53. The number of anilines is 1. The second-order valence-corrected chi connectivity index (χ2v) is 5.45. The number of amides is 1. The summed E-state index contributed by atoms with van der Waals surface area (Å²) in [7, 11) is 0. The molecule has 22 heavy (non-hydrogen) atoms. The Morgan fingerprint density at radius 2 is 1.55 bits per heavy atom. The van der Waals surface area contributed by atoms with Gasteiger partial charge in [0.1, 0.15) is 6.04 Å². The summed E-state index contributed by atoms with van der Waals surface area (Å²) < 4.78 is 0. The summed E-state index contributed by atoms with van der Waals surface area (Å²) >= 11 is 0. The maximum atomic E-state index is 12.8. The molecule has 0 aromatic heterocycles. The molecule has 2 aromatic rings. The molecule has 2 N–H and O–H groups in total. The molecular weight excluding hydrogens is 274 g/mol. The van der Waals surface area contributed by atoms with Gasteiger partial charge in [0, 0.05) is 31.9 Å². The summed E-state index contributed by atoms with van der Waals surface area (Å²) in [6, 6.07) is 19.4. The van der Waals surface area contributed by atoms with Gasteiger partial charge >= 0.3 is 0 Å². The van der Waals surface area contributed by atoms with Crippen LogP contribution in [0.2, 0.25) is 0 Å². The fraction of sp³-hybridized carbons (Fsp3) is 0.278. The molecule has 4 heteroatoms. The van der Waals surface area contributed by atoms with Gasteiger partial charge in [0.15, 0.2) is 0 Å². The number of benzene rings is 2. The van der Waals surface area contributed by atoms with Gasteiger partial charge in [-0.1, -0.05) is 48.5 Å². The highest BCUT2D eigenvalue weighted by Crippen LogP contribution is 2.23. The van der Waals surface area contributed by atoms with E-state index in [1.54, 1.807) is 0 Å². The van der Waals surface area contributed by atoms with E-state index in [0.717, 1.165) is 37.4 Å². The molecule has 114 valence electrons. The third-order valence-corrected chi connectivity index (χ3v) is 3.92. The Bertz CT molecular complexity index is 594. The Hall–Kier alpha value is -2.17. The molecule has 0 spiro atoms. The van der Waals surface area contributed by atoms with Crippen LogP contribution in [0.5, 0.6) is 0 Å². The topological polar surface area (TPSA) is 44.4 Å². The fourth-order valence-electron chi connectivity index (χ4n) is 2.84. The number of rotatable bonds is 4. The molecule has 4 nitrogen and oxygen atoms in total. The average molecular weight is 295 g/mol. The molecule has 0 radical (unpaired) electrons. The normalized spacial score (nSPS) is 16.9. The summed E-state index contributed by atoms with van der Waals surface area (Å²) in [5.41, 5.74) is 1.88. The number of para-hydroxylation sites is 1. The minimum atomic E-state index is -0.247. The van der Waals surface area contributed by atoms with Crippen molar-refractivity contribution in [2.24, 2.45) is 0 Å². The predicted octanol–water partition coefficient (Wildman–Crippen LogP) is 2.27. The van der Waals surface area contributed by atoms with E-state index < -0.39 is 0 Å². The fourth-order valence-corrected chi connectivity index (χ4v) is 2.84. The summed E-state index contributed by atoms with van der Waals surface area (Å²) in [5, 5.41) is 6.37. The smallest absolute Gasteiger partial charge is 0.246 e. The highest BCUT2D eigenvalue weighted by Gasteiger charge is 2.28. The number of carbonyl (C=O) groups excluding carboxylic acids is 1. The SMILES string of the molecule is O=C(Nc1ccccc1)C(c1ccccc1)N1CCNCC1. The molecule has 1 heterocycles. The first kappa shape index (κ1) is 14.8. The average Bonchev–Trinajstić information content (AvgIpc) is 2.58. The second-order valence-electron chi connectivity index (χ2n) is 5.45. The van der Waals surface area contributed by atoms with Crippen molar-refractivity contribution in [3.63, 3.8) is 0 Å². The molecule has 1 amide bonds. The zero-order chi connectivity index (χ0) is 15.2. The zero-order valence-corrected chi connectivity index (χ0v) is 12.5. The van der Waals surface area contributed by atoms with Gasteiger partial charge in [-0.05, 0) is 17.7 Å². The summed E-state index contributed by atoms with van der Waals surface area (Å²) in [5.74, 6) is 0.0271. The van der Waals surface area contributed by atoms with E-state index in [2.05, 4.69) is 15.5 Å². The minimum Gasteiger partial charge on any atom is -0.324 e. The van der Waals surface area contributed by atoms with E-state index in [-0.39, 0.29) is 11.9 Å². The predicted molar refractivity (Wildman–Crippen MR) is 88.7 cm³/mol. The Labute approximate surface area is 131 Å². The number of nitrogens with zero attached hydrogens (tertiary/aromatic N) is 1. The van der Waals surface area contributed by atoms with Gasteiger partial charge < -0.3 is 10.6 Å². The van der Waals surface area contributed by atoms with E-state index in [1.807, 2.05) is 60.7 Å². The van der Waals surface area contributed by atoms with Crippen molar-refractivity contribution >= 4 is 11.6 Å². The summed E-state index contributed by atoms with van der Waals surface area (Å²) in [6.07, 6.45) is 0. The molecule has 1 saturated heterocycles. The van der Waals surface area contributed by atoms with Gasteiger partial charge in [-0.25, -0.2) is 0 Å². The summed E-state index contributed by atoms with van der Waals surface area (Å²) in [4.78, 5) is 15.1. The third-order valence-electron chi connectivity index (χ3n) is 3.92. The Morgan fingerprint density at radius 3 is 2.18 bits per heavy atom. The first-order chi connectivity index (χ1) is 10.8. The van der Waals surface area contributed by atoms with Gasteiger partial charge in [0.2, 0.25) is 5.91 Å². The molecular formula is C18H21N3O. The first-order valence-corrected chi connectivity index (χ1v) is 7.70. The van der Waals surface area contributed by atoms with Crippen molar-refractivity contribution in [2.75, 3.05) is 31.5 Å². The van der Waals surface area contributed by atoms with Crippen LogP contribution in [0.4, 0.5) is 5.69 Å². The van der Waals surface area contributed by atoms with E-state index >= 15 is 0 Å². The van der Waals surface area contributed by atoms with Crippen LogP contribution in [-0.4, -0.2) is 37.0 Å². The lowest BCUT2D eigenvalue weighted by Crippen LogP contribution is -2.48. The van der Waals surface area contributed by atoms with Gasteiger partial charge in [0.25, 0.3) is 0 Å². The molecule has 0 saturated carbocycles. The Morgan fingerprint density at radius 1 is 0.955 bits per heavy atom. The van der Waals surface area contributed by atoms with Crippen molar-refractivity contribution in [3.8, 4) is 0 Å². The lowest BCUT2D eigenvalue weighted by molar-refractivity contribution is -0.121. The summed E-state index contributed by atoms with van der Waals surface area (Å²) in [6.45, 7) is 3.59. The lowest BCUT2D eigenvalue weighted by Gasteiger charge is -2.34. The van der Waals surface area contributed by atoms with Crippen LogP contribution in [0.3, 0.4) is 0 Å². The van der Waals surface area contributed by atoms with Crippen molar-refractivity contribution in [1.29, 1.82) is 0 Å². The number of carbonyl (C=O) groups is 1. The minimum absolute atomic E-state index is 0.0271. The standard InChI is InChI=1S/C18H21N3O/c22-18(20-16-9-5-2-6-10-16)17(15-7-3-1-4-8-15)21-13-11-19-12-14-21/h1-10,17,19H,11-14H2,(H,20,22). The molecule has 1 unspecified atom stereocenters. The quantitative estimate of drug-likeness (QED) is 0.909. The molecule has 1 aliphatic heterocycles. The van der Waals surface area contributed by atoms with E-state index in [0.29, 0.717) is 0 Å². The van der Waals surface area contributed by atoms with Crippen LogP contribution in [0.15, 0.2) is 60.7 Å². The maximum Gasteiger partial charge on any atom is 0.246 e. The van der Waals surface area contributed by atoms with E-state index in [1.165, 1.54) is 0 Å². The van der Waals surface area contributed by atoms with Gasteiger partial charge in [-0.2, -0.15) is 0 Å². The number of piperazine rings is 1. The van der Waals surface area contributed by atoms with Crippen molar-refractivity contribution in [3.05, 3.63) is 66.2 Å². The Balaban J connectivity index is 1.82. The number of hydrogen-bond donors (Lipinski definition) is 2. The highest BCUT2D eigenvalue weighted by atomic mass is 16.2. The van der Waals surface area contributed by atoms with E-state index in [9.17, 15) is 4.79 Å². The van der Waals surface area contributed by atoms with Crippen molar-refractivity contribution in [2.45, 2.75) is 6.04 Å². The van der Waals surface area contributed by atoms with Crippen LogP contribution in [-0.2, 0) is 4.79 Å². The molecule has 2 aromatic carbocycles. The Kier molecular flexibility index (Phi) is 4.83. The zero-order valence-electron chi connectivity index (χ0n) is 12.5. The van der Waals surface area contributed by atoms with Crippen molar-refractivity contribution < 1.29 is 4.79 Å². The van der Waals surface area contributed by atoms with Gasteiger partial charge in [-0.15, -0.1) is 0 Å². The number of nitrogens with one attached hydrogen (secondary N) is 2. The van der Waals surface area contributed by atoms with Crippen LogP contribution in [0.25, 0.3) is 0 Å². The van der Waals surface area contributed by atoms with Gasteiger partial charge in [-0.3, -0.25) is 9.69 Å². The highest BCUT2D eigenvalue weighted by molar-refractivity contribution is 5.95. The van der Waals surface area contributed by atoms with Crippen LogP contribution >= 0.6 is 0 Å². The maximum absolute atomic E-state index is 12.8. The molecule has 0 aliphatic carbocycles. The molecule has 3 rings (SSSR count). The lowest BCUT2D eigenvalue weighted by atomic mass is 10.0. The molecule has 0 bridgehead atoms. The van der Waals surface area contributed by atoms with Crippen molar-refractivity contribution in [1.82, 2.24) is 10.2 Å². The van der Waals surface area contributed by atoms with Crippen LogP contribution < -0.4 is 10.6 Å². The monoisotopic (exact) mass is 295 g/mol. The van der Waals surface area contributed by atoms with Gasteiger partial charge in [0.05, 0.1) is 0 Å². The van der Waals surface area contributed by atoms with Crippen LogP contribution in [0, 0.1) is 0 Å². The molecule has 1 atom stereocenters. The second kappa shape index (κ2) is 7.20. The van der Waals surface area contributed by atoms with Crippen LogP contribution in [0.1, 0.15) is 11.6 Å². The van der Waals surface area contributed by atoms with E-state index in [4.69, 9.17) is 0 Å². The number of hydrogen-bond acceptors (Lipinski definition) is 3. The largest absolute Gasteiger partial charge is 0.324 e. The molecule has 1 aliphatic rings.